The van der Waals surface area contributed by atoms with E-state index in [0.717, 1.165) is 6.42 Å². The molecule has 0 saturated carbocycles. The molecule has 1 aromatic rings. The standard InChI is InChI=1S/C10H9BrN2O3/c11-9-4-5-12(10(9)14)7-2-1-3-8(6-7)13(15)16/h1-3,6,9H,4-5H2/t9-/m0/s1. The highest BCUT2D eigenvalue weighted by atomic mass is 79.9. The van der Waals surface area contributed by atoms with Crippen LogP contribution < -0.4 is 4.90 Å². The lowest BCUT2D eigenvalue weighted by molar-refractivity contribution is -0.384. The number of nitrogens with zero attached hydrogens (tertiary/aromatic N) is 2. The molecule has 0 aromatic heterocycles. The number of non-ortho nitro benzene ring substituents is 1. The van der Waals surface area contributed by atoms with Gasteiger partial charge in [-0.05, 0) is 12.5 Å². The van der Waals surface area contributed by atoms with Crippen LogP contribution in [0.15, 0.2) is 24.3 Å². The summed E-state index contributed by atoms with van der Waals surface area (Å²) in [5, 5.41) is 10.6. The third-order valence-corrected chi connectivity index (χ3v) is 3.34. The molecule has 0 bridgehead atoms. The van der Waals surface area contributed by atoms with Gasteiger partial charge >= 0.3 is 0 Å². The van der Waals surface area contributed by atoms with Gasteiger partial charge in [-0.2, -0.15) is 0 Å². The largest absolute Gasteiger partial charge is 0.311 e. The van der Waals surface area contributed by atoms with E-state index in [0.29, 0.717) is 12.2 Å². The van der Waals surface area contributed by atoms with Crippen molar-refractivity contribution in [2.75, 3.05) is 11.4 Å². The van der Waals surface area contributed by atoms with E-state index >= 15 is 0 Å². The second kappa shape index (κ2) is 4.21. The number of hydrogen-bond acceptors (Lipinski definition) is 3. The van der Waals surface area contributed by atoms with E-state index in [-0.39, 0.29) is 16.4 Å². The Morgan fingerprint density at radius 1 is 1.50 bits per heavy atom. The topological polar surface area (TPSA) is 63.5 Å². The summed E-state index contributed by atoms with van der Waals surface area (Å²) in [5.41, 5.74) is 0.587. The summed E-state index contributed by atoms with van der Waals surface area (Å²) in [6.45, 7) is 0.593. The minimum atomic E-state index is -0.463. The molecule has 84 valence electrons. The maximum atomic E-state index is 11.7. The minimum Gasteiger partial charge on any atom is -0.311 e. The fourth-order valence-electron chi connectivity index (χ4n) is 1.68. The quantitative estimate of drug-likeness (QED) is 0.475. The van der Waals surface area contributed by atoms with Crippen molar-refractivity contribution >= 4 is 33.2 Å². The molecular formula is C10H9BrN2O3. The van der Waals surface area contributed by atoms with E-state index in [1.54, 1.807) is 17.0 Å². The summed E-state index contributed by atoms with van der Waals surface area (Å²) in [7, 11) is 0. The third kappa shape index (κ3) is 1.92. The van der Waals surface area contributed by atoms with Crippen molar-refractivity contribution in [3.8, 4) is 0 Å². The van der Waals surface area contributed by atoms with Crippen LogP contribution in [0, 0.1) is 10.1 Å². The van der Waals surface area contributed by atoms with Crippen molar-refractivity contribution in [2.45, 2.75) is 11.2 Å². The number of carbonyl (C=O) groups is 1. The molecule has 1 aliphatic heterocycles. The van der Waals surface area contributed by atoms with Crippen molar-refractivity contribution in [3.05, 3.63) is 34.4 Å². The molecule has 5 nitrogen and oxygen atoms in total. The van der Waals surface area contributed by atoms with E-state index in [1.165, 1.54) is 12.1 Å². The SMILES string of the molecule is O=C1[C@@H](Br)CCN1c1cccc([N+](=O)[O-])c1. The first kappa shape index (κ1) is 11.1. The summed E-state index contributed by atoms with van der Waals surface area (Å²) in [4.78, 5) is 23.2. The van der Waals surface area contributed by atoms with Crippen molar-refractivity contribution < 1.29 is 9.72 Å². The Labute approximate surface area is 100 Å². The summed E-state index contributed by atoms with van der Waals surface area (Å²) in [6.07, 6.45) is 0.724. The van der Waals surface area contributed by atoms with Gasteiger partial charge in [0.2, 0.25) is 5.91 Å². The molecule has 0 unspecified atom stereocenters. The molecule has 2 rings (SSSR count). The summed E-state index contributed by atoms with van der Waals surface area (Å²) in [5.74, 6) is -0.0412. The summed E-state index contributed by atoms with van der Waals surface area (Å²) < 4.78 is 0. The number of carbonyl (C=O) groups excluding carboxylic acids is 1. The van der Waals surface area contributed by atoms with Gasteiger partial charge in [0.05, 0.1) is 15.4 Å². The normalized spacial score (nSPS) is 20.2. The first-order chi connectivity index (χ1) is 7.59. The van der Waals surface area contributed by atoms with Crippen LogP contribution in [-0.2, 0) is 4.79 Å². The molecule has 1 atom stereocenters. The number of nitro groups is 1. The molecule has 1 saturated heterocycles. The number of hydrogen-bond donors (Lipinski definition) is 0. The number of nitro benzene ring substituents is 1. The van der Waals surface area contributed by atoms with Crippen LogP contribution in [0.25, 0.3) is 0 Å². The average molecular weight is 285 g/mol. The van der Waals surface area contributed by atoms with Gasteiger partial charge in [-0.3, -0.25) is 14.9 Å². The van der Waals surface area contributed by atoms with Crippen molar-refractivity contribution in [1.29, 1.82) is 0 Å². The van der Waals surface area contributed by atoms with E-state index < -0.39 is 4.92 Å². The van der Waals surface area contributed by atoms with Gasteiger partial charge in [-0.1, -0.05) is 22.0 Å². The van der Waals surface area contributed by atoms with Gasteiger partial charge in [0.1, 0.15) is 0 Å². The molecule has 0 spiro atoms. The molecule has 1 aliphatic rings. The highest BCUT2D eigenvalue weighted by molar-refractivity contribution is 9.10. The second-order valence-corrected chi connectivity index (χ2v) is 4.63. The fraction of sp³-hybridized carbons (Fsp3) is 0.300. The van der Waals surface area contributed by atoms with Crippen LogP contribution >= 0.6 is 15.9 Å². The van der Waals surface area contributed by atoms with E-state index in [4.69, 9.17) is 0 Å². The van der Waals surface area contributed by atoms with Gasteiger partial charge in [0, 0.05) is 18.7 Å². The Morgan fingerprint density at radius 2 is 2.25 bits per heavy atom. The zero-order valence-corrected chi connectivity index (χ0v) is 9.88. The van der Waals surface area contributed by atoms with Crippen LogP contribution in [0.4, 0.5) is 11.4 Å². The minimum absolute atomic E-state index is 0.00308. The Hall–Kier alpha value is -1.43. The molecule has 0 N–H and O–H groups in total. The molecular weight excluding hydrogens is 276 g/mol. The van der Waals surface area contributed by atoms with Crippen LogP contribution in [0.5, 0.6) is 0 Å². The number of alkyl halides is 1. The van der Waals surface area contributed by atoms with Crippen LogP contribution in [0.1, 0.15) is 6.42 Å². The van der Waals surface area contributed by atoms with Crippen LogP contribution in [-0.4, -0.2) is 22.2 Å². The number of halogens is 1. The van der Waals surface area contributed by atoms with Crippen molar-refractivity contribution in [2.24, 2.45) is 0 Å². The molecule has 1 aromatic carbocycles. The lowest BCUT2D eigenvalue weighted by Crippen LogP contribution is -2.26. The van der Waals surface area contributed by atoms with Gasteiger partial charge in [-0.25, -0.2) is 0 Å². The highest BCUT2D eigenvalue weighted by Crippen LogP contribution is 2.27. The van der Waals surface area contributed by atoms with E-state index in [1.807, 2.05) is 0 Å². The van der Waals surface area contributed by atoms with Gasteiger partial charge in [0.15, 0.2) is 0 Å². The second-order valence-electron chi connectivity index (χ2n) is 3.52. The molecule has 0 radical (unpaired) electrons. The molecule has 1 amide bonds. The van der Waals surface area contributed by atoms with Crippen LogP contribution in [0.3, 0.4) is 0 Å². The highest BCUT2D eigenvalue weighted by Gasteiger charge is 2.30. The van der Waals surface area contributed by atoms with E-state index in [9.17, 15) is 14.9 Å². The lowest BCUT2D eigenvalue weighted by Gasteiger charge is -2.15. The van der Waals surface area contributed by atoms with E-state index in [2.05, 4.69) is 15.9 Å². The number of rotatable bonds is 2. The van der Waals surface area contributed by atoms with Gasteiger partial charge < -0.3 is 4.90 Å². The summed E-state index contributed by atoms with van der Waals surface area (Å²) in [6, 6.07) is 6.12. The first-order valence-corrected chi connectivity index (χ1v) is 5.71. The fourth-order valence-corrected chi connectivity index (χ4v) is 2.13. The predicted octanol–water partition coefficient (Wildman–Crippen LogP) is 2.09. The average Bonchev–Trinajstić information content (AvgIpc) is 2.60. The predicted molar refractivity (Wildman–Crippen MR) is 62.8 cm³/mol. The maximum Gasteiger partial charge on any atom is 0.271 e. The monoisotopic (exact) mass is 284 g/mol. The molecule has 1 fully saturated rings. The molecule has 1 heterocycles. The number of benzene rings is 1. The third-order valence-electron chi connectivity index (χ3n) is 2.49. The van der Waals surface area contributed by atoms with Crippen LogP contribution in [0.2, 0.25) is 0 Å². The zero-order valence-electron chi connectivity index (χ0n) is 8.30. The Balaban J connectivity index is 2.31. The summed E-state index contributed by atoms with van der Waals surface area (Å²) >= 11 is 3.26. The first-order valence-electron chi connectivity index (χ1n) is 4.79. The van der Waals surface area contributed by atoms with Gasteiger partial charge in [-0.15, -0.1) is 0 Å². The van der Waals surface area contributed by atoms with Crippen molar-refractivity contribution in [3.63, 3.8) is 0 Å². The Bertz CT molecular complexity index is 449. The molecule has 16 heavy (non-hydrogen) atoms. The number of amides is 1. The Morgan fingerprint density at radius 3 is 2.81 bits per heavy atom. The molecule has 0 aliphatic carbocycles. The smallest absolute Gasteiger partial charge is 0.271 e. The number of anilines is 1. The Kier molecular flexibility index (Phi) is 2.91. The van der Waals surface area contributed by atoms with Crippen molar-refractivity contribution in [1.82, 2.24) is 0 Å². The molecule has 6 heteroatoms. The van der Waals surface area contributed by atoms with Gasteiger partial charge in [0.25, 0.3) is 5.69 Å². The maximum absolute atomic E-state index is 11.7. The zero-order chi connectivity index (χ0) is 11.7. The lowest BCUT2D eigenvalue weighted by atomic mass is 10.2.